The molecule has 1 saturated heterocycles. The molecule has 0 spiro atoms. The van der Waals surface area contributed by atoms with Gasteiger partial charge in [-0.1, -0.05) is 24.3 Å². The van der Waals surface area contributed by atoms with Crippen molar-refractivity contribution in [1.29, 1.82) is 0 Å². The van der Waals surface area contributed by atoms with Gasteiger partial charge in [0, 0.05) is 19.6 Å². The van der Waals surface area contributed by atoms with Crippen LogP contribution >= 0.6 is 12.4 Å². The predicted molar refractivity (Wildman–Crippen MR) is 103 cm³/mol. The number of hydrogen-bond donors (Lipinski definition) is 2. The standard InChI is InChI=1S/C20H30N2O2.ClH/c23-20(10-9-16-11-13-21-15-16)22-12-4-14-24-19-8-3-6-17-5-1-2-7-18(17)19;/h1-2,5,7,16,19,21H,3-4,6,8-15H2,(H,22,23);1H. The first kappa shape index (κ1) is 20.2. The molecule has 1 aromatic carbocycles. The van der Waals surface area contributed by atoms with Gasteiger partial charge in [0.15, 0.2) is 0 Å². The van der Waals surface area contributed by atoms with Crippen LogP contribution in [0.15, 0.2) is 24.3 Å². The molecule has 1 heterocycles. The van der Waals surface area contributed by atoms with Crippen molar-refractivity contribution in [3.63, 3.8) is 0 Å². The number of benzene rings is 1. The third-order valence-electron chi connectivity index (χ3n) is 5.22. The van der Waals surface area contributed by atoms with Gasteiger partial charge < -0.3 is 15.4 Å². The number of carbonyl (C=O) groups is 1. The molecular formula is C20H31ClN2O2. The second-order valence-corrected chi connectivity index (χ2v) is 7.05. The molecule has 0 saturated carbocycles. The fraction of sp³-hybridized carbons (Fsp3) is 0.650. The van der Waals surface area contributed by atoms with Crippen molar-refractivity contribution in [2.45, 2.75) is 51.0 Å². The van der Waals surface area contributed by atoms with Crippen LogP contribution in [0.3, 0.4) is 0 Å². The average molecular weight is 367 g/mol. The first-order valence-corrected chi connectivity index (χ1v) is 9.50. The Morgan fingerprint density at radius 3 is 3.00 bits per heavy atom. The summed E-state index contributed by atoms with van der Waals surface area (Å²) < 4.78 is 6.07. The Kier molecular flexibility index (Phi) is 8.73. The molecule has 1 amide bonds. The molecule has 1 aromatic rings. The summed E-state index contributed by atoms with van der Waals surface area (Å²) in [6, 6.07) is 8.61. The lowest BCUT2D eigenvalue weighted by Gasteiger charge is -2.25. The molecule has 4 nitrogen and oxygen atoms in total. The normalized spacial score (nSPS) is 22.1. The average Bonchev–Trinajstić information content (AvgIpc) is 3.13. The second-order valence-electron chi connectivity index (χ2n) is 7.05. The number of amides is 1. The van der Waals surface area contributed by atoms with Crippen LogP contribution in [0.4, 0.5) is 0 Å². The molecule has 1 fully saturated rings. The van der Waals surface area contributed by atoms with Gasteiger partial charge in [-0.2, -0.15) is 0 Å². The van der Waals surface area contributed by atoms with Crippen molar-refractivity contribution in [3.8, 4) is 0 Å². The van der Waals surface area contributed by atoms with E-state index in [4.69, 9.17) is 4.74 Å². The molecule has 1 aliphatic carbocycles. The zero-order chi connectivity index (χ0) is 16.6. The largest absolute Gasteiger partial charge is 0.373 e. The number of nitrogens with one attached hydrogen (secondary N) is 2. The lowest BCUT2D eigenvalue weighted by molar-refractivity contribution is -0.121. The summed E-state index contributed by atoms with van der Waals surface area (Å²) in [6.07, 6.45) is 7.48. The molecule has 0 aromatic heterocycles. The maximum Gasteiger partial charge on any atom is 0.220 e. The third kappa shape index (κ3) is 6.28. The van der Waals surface area contributed by atoms with Crippen molar-refractivity contribution >= 4 is 18.3 Å². The fourth-order valence-corrected chi connectivity index (χ4v) is 3.79. The maximum atomic E-state index is 11.9. The molecule has 2 unspecified atom stereocenters. The molecule has 0 bridgehead atoms. The Labute approximate surface area is 157 Å². The third-order valence-corrected chi connectivity index (χ3v) is 5.22. The van der Waals surface area contributed by atoms with Crippen LogP contribution in [-0.4, -0.2) is 32.1 Å². The molecule has 2 N–H and O–H groups in total. The number of rotatable bonds is 8. The van der Waals surface area contributed by atoms with Crippen LogP contribution in [0.1, 0.15) is 55.8 Å². The van der Waals surface area contributed by atoms with E-state index >= 15 is 0 Å². The van der Waals surface area contributed by atoms with Gasteiger partial charge in [-0.05, 0) is 68.7 Å². The van der Waals surface area contributed by atoms with E-state index in [1.54, 1.807) is 0 Å². The van der Waals surface area contributed by atoms with Gasteiger partial charge in [0.1, 0.15) is 0 Å². The van der Waals surface area contributed by atoms with E-state index in [1.165, 1.54) is 30.4 Å². The predicted octanol–water partition coefficient (Wildman–Crippen LogP) is 3.40. The van der Waals surface area contributed by atoms with Gasteiger partial charge in [-0.25, -0.2) is 0 Å². The van der Waals surface area contributed by atoms with Gasteiger partial charge in [0.2, 0.25) is 5.91 Å². The van der Waals surface area contributed by atoms with Gasteiger partial charge in [-0.3, -0.25) is 4.79 Å². The Hall–Kier alpha value is -1.10. The Morgan fingerprint density at radius 1 is 1.28 bits per heavy atom. The number of carbonyl (C=O) groups excluding carboxylic acids is 1. The maximum absolute atomic E-state index is 11.9. The Balaban J connectivity index is 0.00000225. The van der Waals surface area contributed by atoms with E-state index in [0.29, 0.717) is 18.9 Å². The highest BCUT2D eigenvalue weighted by Gasteiger charge is 2.20. The molecule has 0 radical (unpaired) electrons. The number of ether oxygens (including phenoxy) is 1. The Bertz CT molecular complexity index is 532. The van der Waals surface area contributed by atoms with Crippen molar-refractivity contribution in [2.75, 3.05) is 26.2 Å². The topological polar surface area (TPSA) is 50.4 Å². The summed E-state index contributed by atoms with van der Waals surface area (Å²) in [5.74, 6) is 0.871. The highest BCUT2D eigenvalue weighted by molar-refractivity contribution is 5.85. The van der Waals surface area contributed by atoms with E-state index in [-0.39, 0.29) is 24.4 Å². The van der Waals surface area contributed by atoms with Gasteiger partial charge >= 0.3 is 0 Å². The van der Waals surface area contributed by atoms with Crippen molar-refractivity contribution in [3.05, 3.63) is 35.4 Å². The fourth-order valence-electron chi connectivity index (χ4n) is 3.79. The van der Waals surface area contributed by atoms with Crippen LogP contribution in [0.5, 0.6) is 0 Å². The monoisotopic (exact) mass is 366 g/mol. The smallest absolute Gasteiger partial charge is 0.220 e. The van der Waals surface area contributed by atoms with E-state index in [1.807, 2.05) is 0 Å². The second kappa shape index (κ2) is 10.8. The number of aryl methyl sites for hydroxylation is 1. The number of fused-ring (bicyclic) bond motifs is 1. The van der Waals surface area contributed by atoms with Crippen LogP contribution in [-0.2, 0) is 16.0 Å². The van der Waals surface area contributed by atoms with Crippen molar-refractivity contribution < 1.29 is 9.53 Å². The van der Waals surface area contributed by atoms with Crippen molar-refractivity contribution in [2.24, 2.45) is 5.92 Å². The molecule has 25 heavy (non-hydrogen) atoms. The van der Waals surface area contributed by atoms with E-state index < -0.39 is 0 Å². The summed E-state index contributed by atoms with van der Waals surface area (Å²) in [7, 11) is 0. The van der Waals surface area contributed by atoms with E-state index in [0.717, 1.165) is 38.9 Å². The van der Waals surface area contributed by atoms with Crippen molar-refractivity contribution in [1.82, 2.24) is 10.6 Å². The highest BCUT2D eigenvalue weighted by Crippen LogP contribution is 2.32. The number of halogens is 1. The summed E-state index contributed by atoms with van der Waals surface area (Å²) >= 11 is 0. The molecular weight excluding hydrogens is 336 g/mol. The Morgan fingerprint density at radius 2 is 2.16 bits per heavy atom. The van der Waals surface area contributed by atoms with Gasteiger partial charge in [0.25, 0.3) is 0 Å². The minimum absolute atomic E-state index is 0. The van der Waals surface area contributed by atoms with Gasteiger partial charge in [0.05, 0.1) is 6.10 Å². The molecule has 3 rings (SSSR count). The minimum atomic E-state index is 0. The SMILES string of the molecule is Cl.O=C(CCC1CCNC1)NCCCOC1CCCc2ccccc21. The van der Waals surface area contributed by atoms with Crippen LogP contribution < -0.4 is 10.6 Å². The molecule has 140 valence electrons. The number of hydrogen-bond acceptors (Lipinski definition) is 3. The summed E-state index contributed by atoms with van der Waals surface area (Å²) in [4.78, 5) is 11.9. The minimum Gasteiger partial charge on any atom is -0.373 e. The lowest BCUT2D eigenvalue weighted by atomic mass is 9.89. The first-order valence-electron chi connectivity index (χ1n) is 9.50. The zero-order valence-electron chi connectivity index (χ0n) is 15.0. The summed E-state index contributed by atoms with van der Waals surface area (Å²) in [5.41, 5.74) is 2.79. The van der Waals surface area contributed by atoms with Crippen LogP contribution in [0.25, 0.3) is 0 Å². The van der Waals surface area contributed by atoms with E-state index in [9.17, 15) is 4.79 Å². The molecule has 1 aliphatic heterocycles. The zero-order valence-corrected chi connectivity index (χ0v) is 15.8. The summed E-state index contributed by atoms with van der Waals surface area (Å²) in [6.45, 7) is 3.61. The first-order chi connectivity index (χ1) is 11.8. The molecule has 2 aliphatic rings. The van der Waals surface area contributed by atoms with Crippen LogP contribution in [0, 0.1) is 5.92 Å². The molecule has 5 heteroatoms. The quantitative estimate of drug-likeness (QED) is 0.693. The molecule has 2 atom stereocenters. The lowest BCUT2D eigenvalue weighted by Crippen LogP contribution is -2.26. The van der Waals surface area contributed by atoms with E-state index in [2.05, 4.69) is 34.9 Å². The highest BCUT2D eigenvalue weighted by atomic mass is 35.5. The van der Waals surface area contributed by atoms with Crippen LogP contribution in [0.2, 0.25) is 0 Å². The van der Waals surface area contributed by atoms with Gasteiger partial charge in [-0.15, -0.1) is 12.4 Å². The summed E-state index contributed by atoms with van der Waals surface area (Å²) in [5, 5.41) is 6.37.